The third kappa shape index (κ3) is 58.7. The van der Waals surface area contributed by atoms with Crippen LogP contribution in [0.2, 0.25) is 0 Å². The summed E-state index contributed by atoms with van der Waals surface area (Å²) in [6.45, 7) is 6.44. The highest BCUT2D eigenvalue weighted by molar-refractivity contribution is 5.71. The molecule has 0 saturated carbocycles. The predicted octanol–water partition coefficient (Wildman–Crippen LogP) is 20.8. The van der Waals surface area contributed by atoms with Gasteiger partial charge in [-0.2, -0.15) is 0 Å². The van der Waals surface area contributed by atoms with E-state index in [0.29, 0.717) is 19.3 Å². The maximum Gasteiger partial charge on any atom is 0.306 e. The Balaban J connectivity index is 4.16. The van der Waals surface area contributed by atoms with Gasteiger partial charge in [-0.05, 0) is 109 Å². The van der Waals surface area contributed by atoms with Gasteiger partial charge in [0, 0.05) is 19.3 Å². The van der Waals surface area contributed by atoms with Gasteiger partial charge in [0.2, 0.25) is 0 Å². The van der Waals surface area contributed by atoms with Crippen LogP contribution in [-0.2, 0) is 28.6 Å². The number of allylic oxidation sites excluding steroid dienone is 20. The molecule has 0 saturated heterocycles. The standard InChI is InChI=1S/C68H112O6/c1-4-7-10-13-16-19-22-23-24-25-26-27-28-29-30-31-32-33-34-35-36-37-38-39-40-41-42-43-44-45-47-49-52-55-58-61-67(70)73-64-65(63-72-66(69)60-57-54-51-48-21-18-15-12-9-6-3)74-68(71)62-59-56-53-50-46-20-17-14-11-8-5-2/h7,10,12,15-16,19,23-24,26-27,29-30,32-33,35-36,38-39,41-42,65H,4-6,8-9,11,13-14,17-18,20-22,25,28,31,34,37,40,43-64H2,1-3H3/b10-7-,15-12-,19-16-,24-23-,27-26-,30-29-,33-32-,36-35-,39-38-,42-41-. The minimum atomic E-state index is -0.784. The first-order valence-electron chi connectivity index (χ1n) is 30.5. The van der Waals surface area contributed by atoms with E-state index in [1.54, 1.807) is 0 Å². The summed E-state index contributed by atoms with van der Waals surface area (Å²) in [6.07, 6.45) is 85.0. The number of rotatable bonds is 54. The first-order valence-corrected chi connectivity index (χ1v) is 30.5. The van der Waals surface area contributed by atoms with Crippen molar-refractivity contribution >= 4 is 17.9 Å². The smallest absolute Gasteiger partial charge is 0.306 e. The lowest BCUT2D eigenvalue weighted by Crippen LogP contribution is -2.30. The molecule has 0 aromatic heterocycles. The van der Waals surface area contributed by atoms with Crippen LogP contribution in [0.4, 0.5) is 0 Å². The fourth-order valence-corrected chi connectivity index (χ4v) is 8.14. The van der Waals surface area contributed by atoms with Crippen molar-refractivity contribution in [2.24, 2.45) is 0 Å². The number of ether oxygens (including phenoxy) is 3. The lowest BCUT2D eigenvalue weighted by atomic mass is 10.1. The maximum absolute atomic E-state index is 12.8. The van der Waals surface area contributed by atoms with Crippen LogP contribution in [0.25, 0.3) is 0 Å². The molecule has 0 bridgehead atoms. The van der Waals surface area contributed by atoms with Crippen LogP contribution >= 0.6 is 0 Å². The van der Waals surface area contributed by atoms with E-state index in [2.05, 4.69) is 142 Å². The van der Waals surface area contributed by atoms with Crippen LogP contribution in [0.1, 0.15) is 271 Å². The molecule has 0 radical (unpaired) electrons. The summed E-state index contributed by atoms with van der Waals surface area (Å²) >= 11 is 0. The van der Waals surface area contributed by atoms with E-state index in [1.807, 2.05) is 0 Å². The molecule has 1 atom stereocenters. The molecule has 0 amide bonds. The molecule has 420 valence electrons. The minimum Gasteiger partial charge on any atom is -0.462 e. The maximum atomic E-state index is 12.8. The zero-order valence-corrected chi connectivity index (χ0v) is 48.1. The molecule has 74 heavy (non-hydrogen) atoms. The molecule has 0 fully saturated rings. The summed E-state index contributed by atoms with van der Waals surface area (Å²) in [7, 11) is 0. The molecular weight excluding hydrogens is 913 g/mol. The molecule has 0 aromatic carbocycles. The van der Waals surface area contributed by atoms with Crippen molar-refractivity contribution in [3.8, 4) is 0 Å². The van der Waals surface area contributed by atoms with Gasteiger partial charge in [-0.15, -0.1) is 0 Å². The number of hydrogen-bond donors (Lipinski definition) is 0. The van der Waals surface area contributed by atoms with Crippen LogP contribution in [-0.4, -0.2) is 37.2 Å². The Morgan fingerprint density at radius 2 is 0.554 bits per heavy atom. The van der Waals surface area contributed by atoms with Gasteiger partial charge in [-0.25, -0.2) is 0 Å². The Morgan fingerprint density at radius 1 is 0.284 bits per heavy atom. The van der Waals surface area contributed by atoms with Crippen molar-refractivity contribution in [3.05, 3.63) is 122 Å². The molecule has 0 aromatic rings. The third-order valence-corrected chi connectivity index (χ3v) is 12.7. The largest absolute Gasteiger partial charge is 0.462 e. The molecule has 0 N–H and O–H groups in total. The Labute approximate surface area is 456 Å². The molecular formula is C68H112O6. The van der Waals surface area contributed by atoms with Crippen LogP contribution in [0.3, 0.4) is 0 Å². The molecule has 6 nitrogen and oxygen atoms in total. The second-order valence-electron chi connectivity index (χ2n) is 19.9. The van der Waals surface area contributed by atoms with Crippen LogP contribution < -0.4 is 0 Å². The van der Waals surface area contributed by atoms with Gasteiger partial charge in [0.05, 0.1) is 0 Å². The zero-order chi connectivity index (χ0) is 53.6. The van der Waals surface area contributed by atoms with Gasteiger partial charge in [-0.1, -0.05) is 264 Å². The van der Waals surface area contributed by atoms with E-state index in [0.717, 1.165) is 135 Å². The first-order chi connectivity index (χ1) is 36.5. The minimum absolute atomic E-state index is 0.0851. The third-order valence-electron chi connectivity index (χ3n) is 12.7. The highest BCUT2D eigenvalue weighted by Gasteiger charge is 2.19. The summed E-state index contributed by atoms with van der Waals surface area (Å²) in [5, 5.41) is 0. The Morgan fingerprint density at radius 3 is 0.892 bits per heavy atom. The van der Waals surface area contributed by atoms with Crippen molar-refractivity contribution in [2.75, 3.05) is 13.2 Å². The van der Waals surface area contributed by atoms with E-state index < -0.39 is 6.10 Å². The van der Waals surface area contributed by atoms with E-state index >= 15 is 0 Å². The van der Waals surface area contributed by atoms with Gasteiger partial charge < -0.3 is 14.2 Å². The van der Waals surface area contributed by atoms with Crippen molar-refractivity contribution < 1.29 is 28.6 Å². The van der Waals surface area contributed by atoms with Gasteiger partial charge >= 0.3 is 17.9 Å². The highest BCUT2D eigenvalue weighted by Crippen LogP contribution is 2.15. The Hall–Kier alpha value is -4.19. The summed E-state index contributed by atoms with van der Waals surface area (Å²) in [4.78, 5) is 38.0. The normalized spacial score (nSPS) is 13.0. The summed E-state index contributed by atoms with van der Waals surface area (Å²) < 4.78 is 16.8. The Kier molecular flexibility index (Phi) is 57.9. The van der Waals surface area contributed by atoms with Crippen LogP contribution in [0.5, 0.6) is 0 Å². The number of hydrogen-bond acceptors (Lipinski definition) is 6. The molecule has 0 aliphatic carbocycles. The van der Waals surface area contributed by atoms with Gasteiger partial charge in [0.15, 0.2) is 6.10 Å². The quantitative estimate of drug-likeness (QED) is 0.0261. The SMILES string of the molecule is CC/C=C\C/C=C\C/C=C\C/C=C\C/C=C\C/C=C\C/C=C\C/C=C\C/C=C\CCCCCCCCCC(=O)OCC(COC(=O)CCCCCCC/C=C\CCC)OC(=O)CCCCCCCCCCCCC. The summed E-state index contributed by atoms with van der Waals surface area (Å²) in [5.74, 6) is -0.907. The van der Waals surface area contributed by atoms with Crippen LogP contribution in [0, 0.1) is 0 Å². The molecule has 0 rings (SSSR count). The lowest BCUT2D eigenvalue weighted by Gasteiger charge is -2.18. The number of carbonyl (C=O) groups is 3. The van der Waals surface area contributed by atoms with Gasteiger partial charge in [0.1, 0.15) is 13.2 Å². The monoisotopic (exact) mass is 1020 g/mol. The highest BCUT2D eigenvalue weighted by atomic mass is 16.6. The van der Waals surface area contributed by atoms with E-state index in [-0.39, 0.29) is 31.1 Å². The first kappa shape index (κ1) is 69.8. The van der Waals surface area contributed by atoms with E-state index in [9.17, 15) is 14.4 Å². The molecule has 0 aliphatic heterocycles. The van der Waals surface area contributed by atoms with Crippen molar-refractivity contribution in [3.63, 3.8) is 0 Å². The number of carbonyl (C=O) groups excluding carboxylic acids is 3. The number of esters is 3. The van der Waals surface area contributed by atoms with Gasteiger partial charge in [0.25, 0.3) is 0 Å². The Bertz CT molecular complexity index is 1550. The molecule has 0 aliphatic rings. The summed E-state index contributed by atoms with van der Waals surface area (Å²) in [6, 6.07) is 0. The molecule has 6 heteroatoms. The van der Waals surface area contributed by atoms with E-state index in [1.165, 1.54) is 96.3 Å². The second kappa shape index (κ2) is 61.4. The second-order valence-corrected chi connectivity index (χ2v) is 19.9. The molecule has 0 spiro atoms. The van der Waals surface area contributed by atoms with Crippen molar-refractivity contribution in [2.45, 2.75) is 277 Å². The van der Waals surface area contributed by atoms with Crippen LogP contribution in [0.15, 0.2) is 122 Å². The van der Waals surface area contributed by atoms with Crippen molar-refractivity contribution in [1.29, 1.82) is 0 Å². The fourth-order valence-electron chi connectivity index (χ4n) is 8.14. The van der Waals surface area contributed by atoms with Gasteiger partial charge in [-0.3, -0.25) is 14.4 Å². The summed E-state index contributed by atoms with van der Waals surface area (Å²) in [5.41, 5.74) is 0. The van der Waals surface area contributed by atoms with E-state index in [4.69, 9.17) is 14.2 Å². The number of unbranched alkanes of at least 4 members (excludes halogenated alkanes) is 23. The average molecular weight is 1030 g/mol. The fraction of sp³-hybridized carbons (Fsp3) is 0.662. The predicted molar refractivity (Wildman–Crippen MR) is 320 cm³/mol. The molecule has 1 unspecified atom stereocenters. The zero-order valence-electron chi connectivity index (χ0n) is 48.1. The molecule has 0 heterocycles. The lowest BCUT2D eigenvalue weighted by molar-refractivity contribution is -0.167. The average Bonchev–Trinajstić information content (AvgIpc) is 3.40. The topological polar surface area (TPSA) is 78.9 Å². The van der Waals surface area contributed by atoms with Crippen molar-refractivity contribution in [1.82, 2.24) is 0 Å².